The van der Waals surface area contributed by atoms with E-state index in [0.717, 1.165) is 82.8 Å². The molecule has 0 spiro atoms. The number of nitrogens with one attached hydrogen (secondary N) is 4. The summed E-state index contributed by atoms with van der Waals surface area (Å²) in [7, 11) is 2.77. The zero-order valence-electron chi connectivity index (χ0n) is 34.4. The maximum absolute atomic E-state index is 13.7. The number of aromatic nitrogens is 5. The Labute approximate surface area is 345 Å². The Kier molecular flexibility index (Phi) is 11.6. The van der Waals surface area contributed by atoms with Crippen molar-refractivity contribution in [2.75, 3.05) is 20.8 Å². The molecule has 1 aliphatic heterocycles. The standard InChI is InChI=1S/C46H54N8O5/c1-26(2)35-19-8-28(22-47-35)23-50-44(55)40-34-18-17-33(21-34)39(40)43-49-25-37(52-43)32-15-11-30(12-16-32)29-9-13-31(14-10-29)36-24-48-42(51-36)38-7-6-20-54(38)45(56)41(27(3)58-4)53-46(57)59-5/h8-16,19,22,24-27,33-34,38-41H,6-7,17-18,20-21,23H2,1-5H3,(H,48,51)(H,49,52)(H,50,55)(H,53,57)/t27-,33?,34?,38+,39-,40-,41+/m1/s1. The van der Waals surface area contributed by atoms with Crippen molar-refractivity contribution in [1.29, 1.82) is 0 Å². The fourth-order valence-corrected chi connectivity index (χ4v) is 9.44. The van der Waals surface area contributed by atoms with Crippen LogP contribution in [-0.2, 0) is 25.6 Å². The van der Waals surface area contributed by atoms with Crippen LogP contribution in [0.4, 0.5) is 4.79 Å². The van der Waals surface area contributed by atoms with E-state index in [9.17, 15) is 14.4 Å². The topological polar surface area (TPSA) is 167 Å². The van der Waals surface area contributed by atoms with Crippen molar-refractivity contribution in [1.82, 2.24) is 40.5 Å². The van der Waals surface area contributed by atoms with Crippen molar-refractivity contribution in [3.8, 4) is 33.6 Å². The first-order valence-electron chi connectivity index (χ1n) is 20.8. The second-order valence-corrected chi connectivity index (χ2v) is 16.6. The van der Waals surface area contributed by atoms with E-state index in [4.69, 9.17) is 14.5 Å². The number of nitrogens with zero attached hydrogens (tertiary/aromatic N) is 4. The Bertz CT molecular complexity index is 2250. The summed E-state index contributed by atoms with van der Waals surface area (Å²) in [5, 5.41) is 5.86. The summed E-state index contributed by atoms with van der Waals surface area (Å²) in [5.74, 6) is 2.70. The van der Waals surface area contributed by atoms with Crippen molar-refractivity contribution in [3.05, 3.63) is 102 Å². The molecular formula is C46H54N8O5. The molecule has 2 aliphatic carbocycles. The zero-order chi connectivity index (χ0) is 41.2. The first kappa shape index (κ1) is 40.0. The molecule has 2 unspecified atom stereocenters. The number of carbonyl (C=O) groups is 3. The summed E-state index contributed by atoms with van der Waals surface area (Å²) in [6.07, 6.45) is 9.23. The molecule has 4 N–H and O–H groups in total. The van der Waals surface area contributed by atoms with Gasteiger partial charge in [0.1, 0.15) is 17.7 Å². The van der Waals surface area contributed by atoms with Crippen LogP contribution in [0, 0.1) is 17.8 Å². The minimum atomic E-state index is -0.886. The molecule has 1 saturated heterocycles. The van der Waals surface area contributed by atoms with Gasteiger partial charge in [0.05, 0.1) is 49.0 Å². The Morgan fingerprint density at radius 2 is 1.41 bits per heavy atom. The van der Waals surface area contributed by atoms with Crippen molar-refractivity contribution in [3.63, 3.8) is 0 Å². The highest BCUT2D eigenvalue weighted by molar-refractivity contribution is 5.87. The highest BCUT2D eigenvalue weighted by atomic mass is 16.5. The van der Waals surface area contributed by atoms with E-state index in [-0.39, 0.29) is 29.7 Å². The first-order chi connectivity index (χ1) is 28.6. The van der Waals surface area contributed by atoms with Crippen LogP contribution in [0.2, 0.25) is 0 Å². The van der Waals surface area contributed by atoms with Gasteiger partial charge in [0.2, 0.25) is 11.8 Å². The highest BCUT2D eigenvalue weighted by Crippen LogP contribution is 2.56. The van der Waals surface area contributed by atoms with Gasteiger partial charge in [0, 0.05) is 38.0 Å². The van der Waals surface area contributed by atoms with Gasteiger partial charge in [0.25, 0.3) is 0 Å². The van der Waals surface area contributed by atoms with Crippen LogP contribution >= 0.6 is 0 Å². The number of imidazole rings is 2. The molecular weight excluding hydrogens is 745 g/mol. The van der Waals surface area contributed by atoms with Crippen LogP contribution in [0.15, 0.2) is 79.3 Å². The van der Waals surface area contributed by atoms with Crippen molar-refractivity contribution < 1.29 is 23.9 Å². The minimum Gasteiger partial charge on any atom is -0.453 e. The Hall–Kier alpha value is -5.82. The van der Waals surface area contributed by atoms with Crippen molar-refractivity contribution >= 4 is 17.9 Å². The van der Waals surface area contributed by atoms with E-state index in [1.807, 2.05) is 18.5 Å². The van der Waals surface area contributed by atoms with E-state index in [1.54, 1.807) is 18.0 Å². The largest absolute Gasteiger partial charge is 0.453 e. The average Bonchev–Trinajstić information content (AvgIpc) is 4.13. The lowest BCUT2D eigenvalue weighted by molar-refractivity contribution is -0.137. The van der Waals surface area contributed by atoms with Gasteiger partial charge in [-0.2, -0.15) is 0 Å². The van der Waals surface area contributed by atoms with E-state index >= 15 is 0 Å². The number of ether oxygens (including phenoxy) is 2. The number of H-pyrrole nitrogens is 2. The molecule has 3 amide bonds. The molecule has 2 saturated carbocycles. The molecule has 3 fully saturated rings. The molecule has 13 heteroatoms. The summed E-state index contributed by atoms with van der Waals surface area (Å²) in [6, 6.07) is 19.8. The lowest BCUT2D eigenvalue weighted by atomic mass is 9.78. The van der Waals surface area contributed by atoms with E-state index < -0.39 is 18.2 Å². The average molecular weight is 799 g/mol. The molecule has 59 heavy (non-hydrogen) atoms. The summed E-state index contributed by atoms with van der Waals surface area (Å²) in [5.41, 5.74) is 8.05. The fourth-order valence-electron chi connectivity index (χ4n) is 9.44. The van der Waals surface area contributed by atoms with Gasteiger partial charge in [0.15, 0.2) is 0 Å². The fraction of sp³-hybridized carbons (Fsp3) is 0.435. The number of hydrogen-bond donors (Lipinski definition) is 4. The summed E-state index contributed by atoms with van der Waals surface area (Å²) in [6.45, 7) is 7.03. The number of methoxy groups -OCH3 is 2. The quantitative estimate of drug-likeness (QED) is 0.0949. The zero-order valence-corrected chi connectivity index (χ0v) is 34.4. The summed E-state index contributed by atoms with van der Waals surface area (Å²) >= 11 is 0. The lowest BCUT2D eigenvalue weighted by Gasteiger charge is -2.30. The lowest BCUT2D eigenvalue weighted by Crippen LogP contribution is -2.54. The van der Waals surface area contributed by atoms with E-state index in [1.165, 1.54) is 14.2 Å². The second kappa shape index (κ2) is 17.2. The summed E-state index contributed by atoms with van der Waals surface area (Å²) in [4.78, 5) is 62.3. The number of benzene rings is 2. The number of rotatable bonds is 13. The molecule has 0 radical (unpaired) electrons. The Balaban J connectivity index is 0.907. The number of alkyl carbamates (subject to hydrolysis) is 1. The second-order valence-electron chi connectivity index (χ2n) is 16.6. The number of hydrogen-bond acceptors (Lipinski definition) is 8. The van der Waals surface area contributed by atoms with Gasteiger partial charge in [-0.05, 0) is 90.7 Å². The predicted molar refractivity (Wildman–Crippen MR) is 224 cm³/mol. The van der Waals surface area contributed by atoms with Gasteiger partial charge in [-0.1, -0.05) is 68.4 Å². The number of likely N-dealkylation sites (tertiary alicyclic amines) is 1. The van der Waals surface area contributed by atoms with E-state index in [0.29, 0.717) is 36.7 Å². The smallest absolute Gasteiger partial charge is 0.407 e. The molecule has 8 rings (SSSR count). The Morgan fingerprint density at radius 1 is 0.780 bits per heavy atom. The van der Waals surface area contributed by atoms with Crippen LogP contribution in [-0.4, -0.2) is 80.6 Å². The molecule has 2 bridgehead atoms. The van der Waals surface area contributed by atoms with Gasteiger partial charge < -0.3 is 35.0 Å². The normalized spacial score (nSPS) is 22.1. The molecule has 7 atom stereocenters. The SMILES string of the molecule is COC(=O)N[C@H](C(=O)N1CCC[C@H]1c1ncc(-c2ccc(-c3ccc(-c4cnc([C@@H]5C6CCC(C6)[C@H]5C(=O)NCc5ccc(C(C)C)nc5)[nH]4)cc3)cc2)[nH]1)[C@@H](C)OC. The van der Waals surface area contributed by atoms with Gasteiger partial charge in [-0.25, -0.2) is 14.8 Å². The third-order valence-electron chi connectivity index (χ3n) is 12.8. The molecule has 5 aromatic rings. The molecule has 2 aromatic carbocycles. The third-order valence-corrected chi connectivity index (χ3v) is 12.8. The molecule has 13 nitrogen and oxygen atoms in total. The number of amides is 3. The highest BCUT2D eigenvalue weighted by Gasteiger charge is 2.52. The van der Waals surface area contributed by atoms with Crippen LogP contribution in [0.1, 0.15) is 93.7 Å². The van der Waals surface area contributed by atoms with Crippen LogP contribution in [0.5, 0.6) is 0 Å². The van der Waals surface area contributed by atoms with Crippen molar-refractivity contribution in [2.24, 2.45) is 17.8 Å². The monoisotopic (exact) mass is 798 g/mol. The van der Waals surface area contributed by atoms with E-state index in [2.05, 4.69) is 99.0 Å². The Morgan fingerprint density at radius 3 is 2.02 bits per heavy atom. The molecule has 3 aliphatic rings. The summed E-state index contributed by atoms with van der Waals surface area (Å²) < 4.78 is 10.2. The van der Waals surface area contributed by atoms with Crippen LogP contribution in [0.3, 0.4) is 0 Å². The van der Waals surface area contributed by atoms with Gasteiger partial charge >= 0.3 is 6.09 Å². The van der Waals surface area contributed by atoms with Crippen LogP contribution in [0.25, 0.3) is 33.6 Å². The minimum absolute atomic E-state index is 0.0830. The van der Waals surface area contributed by atoms with Crippen LogP contribution < -0.4 is 10.6 Å². The molecule has 3 aromatic heterocycles. The number of fused-ring (bicyclic) bond motifs is 2. The maximum Gasteiger partial charge on any atom is 0.407 e. The first-order valence-corrected chi connectivity index (χ1v) is 20.8. The third kappa shape index (κ3) is 8.25. The number of aromatic amines is 2. The van der Waals surface area contributed by atoms with Gasteiger partial charge in [-0.3, -0.25) is 14.6 Å². The maximum atomic E-state index is 13.7. The molecule has 308 valence electrons. The molecule has 4 heterocycles. The number of carbonyl (C=O) groups excluding carboxylic acids is 3. The predicted octanol–water partition coefficient (Wildman–Crippen LogP) is 7.52. The number of pyridine rings is 1. The van der Waals surface area contributed by atoms with Gasteiger partial charge in [-0.15, -0.1) is 0 Å². The van der Waals surface area contributed by atoms with Crippen molar-refractivity contribution in [2.45, 2.75) is 89.4 Å².